The van der Waals surface area contributed by atoms with Gasteiger partial charge < -0.3 is 0 Å². The van der Waals surface area contributed by atoms with E-state index in [9.17, 15) is 0 Å². The van der Waals surface area contributed by atoms with Crippen molar-refractivity contribution in [2.75, 3.05) is 5.75 Å². The molecule has 1 saturated heterocycles. The molecule has 0 radical (unpaired) electrons. The molecule has 0 saturated carbocycles. The van der Waals surface area contributed by atoms with Gasteiger partial charge in [-0.1, -0.05) is 15.9 Å². The normalized spacial score (nSPS) is 21.3. The molecule has 0 bridgehead atoms. The Morgan fingerprint density at radius 3 is 3.27 bits per heavy atom. The van der Waals surface area contributed by atoms with Gasteiger partial charge in [0, 0.05) is 10.7 Å². The number of hydrogen-bond acceptors (Lipinski definition) is 3. The molecule has 78 valence electrons. The second-order valence-electron chi connectivity index (χ2n) is 3.62. The summed E-state index contributed by atoms with van der Waals surface area (Å²) in [6.45, 7) is 0. The van der Waals surface area contributed by atoms with Gasteiger partial charge in [0.05, 0.1) is 5.25 Å². The van der Waals surface area contributed by atoms with Crippen LogP contribution in [-0.4, -0.2) is 20.4 Å². The molecule has 1 atom stereocenters. The molecule has 0 spiro atoms. The van der Waals surface area contributed by atoms with Crippen LogP contribution in [0.4, 0.5) is 0 Å². The van der Waals surface area contributed by atoms with E-state index in [4.69, 9.17) is 0 Å². The maximum Gasteiger partial charge on any atom is 0.164 e. The fourth-order valence-corrected chi connectivity index (χ4v) is 3.31. The number of aromatic nitrogens is 3. The Balaban J connectivity index is 2.05. The van der Waals surface area contributed by atoms with E-state index in [1.165, 1.54) is 18.6 Å². The highest BCUT2D eigenvalue weighted by atomic mass is 79.9. The zero-order valence-corrected chi connectivity index (χ0v) is 10.5. The lowest BCUT2D eigenvalue weighted by Gasteiger charge is -1.99. The molecule has 0 N–H and O–H groups in total. The topological polar surface area (TPSA) is 30.2 Å². The molecule has 0 aromatic carbocycles. The van der Waals surface area contributed by atoms with Crippen molar-refractivity contribution in [2.45, 2.75) is 18.1 Å². The number of fused-ring (bicyclic) bond motifs is 1. The molecule has 3 rings (SSSR count). The van der Waals surface area contributed by atoms with Crippen molar-refractivity contribution in [1.29, 1.82) is 0 Å². The first kappa shape index (κ1) is 9.66. The average molecular weight is 284 g/mol. The summed E-state index contributed by atoms with van der Waals surface area (Å²) in [5.41, 5.74) is 0.923. The Labute approximate surface area is 100 Å². The van der Waals surface area contributed by atoms with E-state index < -0.39 is 0 Å². The van der Waals surface area contributed by atoms with Gasteiger partial charge in [-0.3, -0.25) is 0 Å². The molecular formula is C10H10BrN3S. The molecule has 1 aliphatic heterocycles. The van der Waals surface area contributed by atoms with Gasteiger partial charge in [0.2, 0.25) is 0 Å². The molecule has 2 aromatic rings. The number of thioether (sulfide) groups is 1. The van der Waals surface area contributed by atoms with Gasteiger partial charge in [-0.15, -0.1) is 0 Å². The summed E-state index contributed by atoms with van der Waals surface area (Å²) in [5, 5.41) is 5.00. The van der Waals surface area contributed by atoms with E-state index in [0.717, 1.165) is 15.9 Å². The predicted molar refractivity (Wildman–Crippen MR) is 65.1 cm³/mol. The van der Waals surface area contributed by atoms with Crippen molar-refractivity contribution in [1.82, 2.24) is 14.6 Å². The molecule has 1 aliphatic rings. The van der Waals surface area contributed by atoms with Gasteiger partial charge in [0.1, 0.15) is 0 Å². The molecule has 3 nitrogen and oxygen atoms in total. The first-order chi connectivity index (χ1) is 7.33. The van der Waals surface area contributed by atoms with Crippen molar-refractivity contribution in [2.24, 2.45) is 0 Å². The SMILES string of the molecule is Brc1ccn2nc(C3CCCS3)nc2c1. The molecule has 15 heavy (non-hydrogen) atoms. The van der Waals surface area contributed by atoms with Crippen LogP contribution in [0, 0.1) is 0 Å². The van der Waals surface area contributed by atoms with Crippen molar-refractivity contribution < 1.29 is 0 Å². The lowest BCUT2D eigenvalue weighted by Crippen LogP contribution is -1.92. The van der Waals surface area contributed by atoms with Crippen LogP contribution in [-0.2, 0) is 0 Å². The molecule has 0 aliphatic carbocycles. The molecule has 1 unspecified atom stereocenters. The Hall–Kier alpha value is -0.550. The third kappa shape index (κ3) is 1.78. The van der Waals surface area contributed by atoms with Gasteiger partial charge in [-0.2, -0.15) is 16.9 Å². The van der Waals surface area contributed by atoms with Crippen LogP contribution in [0.1, 0.15) is 23.9 Å². The highest BCUT2D eigenvalue weighted by Gasteiger charge is 2.21. The van der Waals surface area contributed by atoms with Crippen LogP contribution in [0.5, 0.6) is 0 Å². The van der Waals surface area contributed by atoms with Crippen molar-refractivity contribution >= 4 is 33.3 Å². The molecular weight excluding hydrogens is 274 g/mol. The average Bonchev–Trinajstić information content (AvgIpc) is 2.84. The predicted octanol–water partition coefficient (Wildman–Crippen LogP) is 3.06. The van der Waals surface area contributed by atoms with E-state index >= 15 is 0 Å². The standard InChI is InChI=1S/C10H10BrN3S/c11-7-3-4-14-9(6-7)12-10(13-14)8-2-1-5-15-8/h3-4,6,8H,1-2,5H2. The zero-order chi connectivity index (χ0) is 10.3. The summed E-state index contributed by atoms with van der Waals surface area (Å²) in [5.74, 6) is 2.22. The highest BCUT2D eigenvalue weighted by Crippen LogP contribution is 2.38. The molecule has 5 heteroatoms. The van der Waals surface area contributed by atoms with Crippen molar-refractivity contribution in [3.63, 3.8) is 0 Å². The van der Waals surface area contributed by atoms with Gasteiger partial charge >= 0.3 is 0 Å². The minimum atomic E-state index is 0.503. The van der Waals surface area contributed by atoms with Crippen LogP contribution >= 0.6 is 27.7 Å². The Morgan fingerprint density at radius 2 is 2.47 bits per heavy atom. The Morgan fingerprint density at radius 1 is 1.53 bits per heavy atom. The number of rotatable bonds is 1. The quantitative estimate of drug-likeness (QED) is 0.806. The van der Waals surface area contributed by atoms with Gasteiger partial charge in [0.25, 0.3) is 0 Å². The first-order valence-corrected chi connectivity index (χ1v) is 6.80. The van der Waals surface area contributed by atoms with Crippen LogP contribution in [0.3, 0.4) is 0 Å². The zero-order valence-electron chi connectivity index (χ0n) is 8.06. The van der Waals surface area contributed by atoms with Gasteiger partial charge in [0.15, 0.2) is 11.5 Å². The third-order valence-corrected chi connectivity index (χ3v) is 4.40. The summed E-state index contributed by atoms with van der Waals surface area (Å²) in [4.78, 5) is 4.56. The van der Waals surface area contributed by atoms with E-state index in [1.54, 1.807) is 0 Å². The number of halogens is 1. The minimum absolute atomic E-state index is 0.503. The van der Waals surface area contributed by atoms with Crippen molar-refractivity contribution in [3.05, 3.63) is 28.6 Å². The Kier molecular flexibility index (Phi) is 2.44. The minimum Gasteiger partial charge on any atom is -0.221 e. The van der Waals surface area contributed by atoms with E-state index in [-0.39, 0.29) is 0 Å². The van der Waals surface area contributed by atoms with Crippen LogP contribution in [0.25, 0.3) is 5.65 Å². The molecule has 2 aromatic heterocycles. The lowest BCUT2D eigenvalue weighted by molar-refractivity contribution is 0.770. The Bertz CT molecular complexity index is 490. The van der Waals surface area contributed by atoms with E-state index in [1.807, 2.05) is 34.6 Å². The fourth-order valence-electron chi connectivity index (χ4n) is 1.79. The van der Waals surface area contributed by atoms with Crippen molar-refractivity contribution in [3.8, 4) is 0 Å². The summed E-state index contributed by atoms with van der Waals surface area (Å²) in [6, 6.07) is 3.98. The monoisotopic (exact) mass is 283 g/mol. The first-order valence-electron chi connectivity index (χ1n) is 4.96. The van der Waals surface area contributed by atoms with Crippen LogP contribution in [0.2, 0.25) is 0 Å². The highest BCUT2D eigenvalue weighted by molar-refractivity contribution is 9.10. The number of nitrogens with zero attached hydrogens (tertiary/aromatic N) is 3. The maximum absolute atomic E-state index is 4.56. The van der Waals surface area contributed by atoms with Gasteiger partial charge in [-0.25, -0.2) is 9.50 Å². The molecule has 0 amide bonds. The van der Waals surface area contributed by atoms with E-state index in [0.29, 0.717) is 5.25 Å². The summed E-state index contributed by atoms with van der Waals surface area (Å²) in [7, 11) is 0. The second kappa shape index (κ2) is 3.79. The third-order valence-electron chi connectivity index (χ3n) is 2.53. The van der Waals surface area contributed by atoms with Crippen LogP contribution in [0.15, 0.2) is 22.8 Å². The van der Waals surface area contributed by atoms with Crippen LogP contribution < -0.4 is 0 Å². The molecule has 3 heterocycles. The fraction of sp³-hybridized carbons (Fsp3) is 0.400. The molecule has 1 fully saturated rings. The maximum atomic E-state index is 4.56. The lowest BCUT2D eigenvalue weighted by atomic mass is 10.2. The summed E-state index contributed by atoms with van der Waals surface area (Å²) < 4.78 is 2.90. The summed E-state index contributed by atoms with van der Waals surface area (Å²) in [6.07, 6.45) is 4.44. The largest absolute Gasteiger partial charge is 0.221 e. The second-order valence-corrected chi connectivity index (χ2v) is 5.85. The van der Waals surface area contributed by atoms with E-state index in [2.05, 4.69) is 26.0 Å². The smallest absolute Gasteiger partial charge is 0.164 e. The number of hydrogen-bond donors (Lipinski definition) is 0. The summed E-state index contributed by atoms with van der Waals surface area (Å²) >= 11 is 5.40. The number of pyridine rings is 1. The van der Waals surface area contributed by atoms with Gasteiger partial charge in [-0.05, 0) is 30.7 Å².